The molecule has 1 aromatic carbocycles. The maximum Gasteiger partial charge on any atom is 0.315 e. The van der Waals surface area contributed by atoms with E-state index in [2.05, 4.69) is 15.8 Å². The van der Waals surface area contributed by atoms with Crippen molar-refractivity contribution in [3.05, 3.63) is 52.2 Å². The van der Waals surface area contributed by atoms with Gasteiger partial charge in [0.1, 0.15) is 5.76 Å². The van der Waals surface area contributed by atoms with Crippen LogP contribution in [0.2, 0.25) is 0 Å². The van der Waals surface area contributed by atoms with Crippen LogP contribution in [0.25, 0.3) is 0 Å². The standard InChI is InChI=1S/C16H18F3N3O2/c1-7(11-5-12(17)15(19)13(18)6-11)20-16(23)21-8(2)14-9(3)22-24-10(14)4/h5-8H,1-4H3,(H2,20,21,23)/t7-,8+/m0/s1. The zero-order valence-corrected chi connectivity index (χ0v) is 13.7. The molecule has 2 rings (SSSR count). The number of halogens is 3. The number of aryl methyl sites for hydroxylation is 2. The zero-order chi connectivity index (χ0) is 18.0. The van der Waals surface area contributed by atoms with Gasteiger partial charge in [-0.25, -0.2) is 18.0 Å². The van der Waals surface area contributed by atoms with Crippen LogP contribution in [0.5, 0.6) is 0 Å². The molecule has 0 aliphatic rings. The third-order valence-corrected chi connectivity index (χ3v) is 3.72. The number of hydrogen-bond acceptors (Lipinski definition) is 3. The second-order valence-electron chi connectivity index (χ2n) is 5.60. The van der Waals surface area contributed by atoms with Crippen LogP contribution in [0, 0.1) is 31.3 Å². The molecule has 8 heteroatoms. The van der Waals surface area contributed by atoms with E-state index in [1.807, 2.05) is 0 Å². The minimum absolute atomic E-state index is 0.117. The van der Waals surface area contributed by atoms with E-state index in [1.54, 1.807) is 20.8 Å². The number of rotatable bonds is 4. The number of hydrogen-bond donors (Lipinski definition) is 2. The van der Waals surface area contributed by atoms with Crippen LogP contribution in [0.3, 0.4) is 0 Å². The summed E-state index contributed by atoms with van der Waals surface area (Å²) < 4.78 is 44.5. The molecule has 5 nitrogen and oxygen atoms in total. The molecule has 1 heterocycles. The van der Waals surface area contributed by atoms with E-state index in [4.69, 9.17) is 4.52 Å². The number of aromatic nitrogens is 1. The Labute approximate surface area is 137 Å². The van der Waals surface area contributed by atoms with Crippen LogP contribution in [0.4, 0.5) is 18.0 Å². The van der Waals surface area contributed by atoms with Crippen molar-refractivity contribution in [1.29, 1.82) is 0 Å². The molecule has 0 aliphatic carbocycles. The van der Waals surface area contributed by atoms with E-state index in [9.17, 15) is 18.0 Å². The Kier molecular flexibility index (Phi) is 5.16. The highest BCUT2D eigenvalue weighted by Crippen LogP contribution is 2.22. The van der Waals surface area contributed by atoms with E-state index in [0.717, 1.165) is 17.7 Å². The predicted octanol–water partition coefficient (Wildman–Crippen LogP) is 3.83. The topological polar surface area (TPSA) is 67.2 Å². The number of amides is 2. The Morgan fingerprint density at radius 2 is 1.62 bits per heavy atom. The third kappa shape index (κ3) is 3.69. The number of nitrogens with one attached hydrogen (secondary N) is 2. The molecular weight excluding hydrogens is 323 g/mol. The molecule has 0 bridgehead atoms. The summed E-state index contributed by atoms with van der Waals surface area (Å²) in [6.07, 6.45) is 0. The largest absolute Gasteiger partial charge is 0.361 e. The fraction of sp³-hybridized carbons (Fsp3) is 0.375. The molecular formula is C16H18F3N3O2. The van der Waals surface area contributed by atoms with Gasteiger partial charge in [-0.2, -0.15) is 0 Å². The van der Waals surface area contributed by atoms with E-state index in [-0.39, 0.29) is 11.6 Å². The van der Waals surface area contributed by atoms with Gasteiger partial charge < -0.3 is 15.2 Å². The molecule has 2 aromatic rings. The monoisotopic (exact) mass is 341 g/mol. The molecule has 0 aliphatic heterocycles. The van der Waals surface area contributed by atoms with Crippen LogP contribution in [-0.2, 0) is 0 Å². The number of urea groups is 1. The third-order valence-electron chi connectivity index (χ3n) is 3.72. The molecule has 0 saturated heterocycles. The van der Waals surface area contributed by atoms with Crippen LogP contribution < -0.4 is 10.6 Å². The van der Waals surface area contributed by atoms with Gasteiger partial charge in [0.05, 0.1) is 17.8 Å². The first-order valence-electron chi connectivity index (χ1n) is 7.35. The van der Waals surface area contributed by atoms with E-state index in [1.165, 1.54) is 6.92 Å². The normalized spacial score (nSPS) is 13.5. The lowest BCUT2D eigenvalue weighted by atomic mass is 10.1. The molecule has 2 amide bonds. The molecule has 2 atom stereocenters. The average molecular weight is 341 g/mol. The number of nitrogens with zero attached hydrogens (tertiary/aromatic N) is 1. The smallest absolute Gasteiger partial charge is 0.315 e. The highest BCUT2D eigenvalue weighted by molar-refractivity contribution is 5.75. The van der Waals surface area contributed by atoms with Crippen LogP contribution in [0.15, 0.2) is 16.7 Å². The van der Waals surface area contributed by atoms with Crippen LogP contribution in [-0.4, -0.2) is 11.2 Å². The van der Waals surface area contributed by atoms with Crippen molar-refractivity contribution in [3.8, 4) is 0 Å². The molecule has 2 N–H and O–H groups in total. The summed E-state index contributed by atoms with van der Waals surface area (Å²) >= 11 is 0. The summed E-state index contributed by atoms with van der Waals surface area (Å²) in [7, 11) is 0. The van der Waals surface area contributed by atoms with Crippen molar-refractivity contribution in [3.63, 3.8) is 0 Å². The Balaban J connectivity index is 2.04. The van der Waals surface area contributed by atoms with Crippen molar-refractivity contribution >= 4 is 6.03 Å². The molecule has 130 valence electrons. The predicted molar refractivity (Wildman–Crippen MR) is 80.8 cm³/mol. The molecule has 0 saturated carbocycles. The van der Waals surface area contributed by atoms with Gasteiger partial charge in [-0.05, 0) is 45.4 Å². The van der Waals surface area contributed by atoms with Gasteiger partial charge in [0.15, 0.2) is 17.5 Å². The number of carbonyl (C=O) groups excluding carboxylic acids is 1. The number of carbonyl (C=O) groups is 1. The molecule has 1 aromatic heterocycles. The number of benzene rings is 1. The second kappa shape index (κ2) is 6.94. The van der Waals surface area contributed by atoms with Gasteiger partial charge >= 0.3 is 6.03 Å². The maximum atomic E-state index is 13.3. The van der Waals surface area contributed by atoms with Crippen LogP contribution >= 0.6 is 0 Å². The Morgan fingerprint density at radius 3 is 2.12 bits per heavy atom. The van der Waals surface area contributed by atoms with Gasteiger partial charge in [0.2, 0.25) is 0 Å². The van der Waals surface area contributed by atoms with Gasteiger partial charge in [0, 0.05) is 5.56 Å². The first-order valence-corrected chi connectivity index (χ1v) is 7.35. The van der Waals surface area contributed by atoms with Gasteiger partial charge in [0.25, 0.3) is 0 Å². The van der Waals surface area contributed by atoms with Crippen molar-refractivity contribution in [2.75, 3.05) is 0 Å². The summed E-state index contributed by atoms with van der Waals surface area (Å²) in [5.74, 6) is -3.55. The minimum atomic E-state index is -1.54. The second-order valence-corrected chi connectivity index (χ2v) is 5.60. The Hall–Kier alpha value is -2.51. The van der Waals surface area contributed by atoms with Crippen LogP contribution in [0.1, 0.15) is 48.5 Å². The summed E-state index contributed by atoms with van der Waals surface area (Å²) in [5.41, 5.74) is 1.54. The van der Waals surface area contributed by atoms with Crippen molar-refractivity contribution in [2.24, 2.45) is 0 Å². The molecule has 0 radical (unpaired) electrons. The maximum absolute atomic E-state index is 13.3. The highest BCUT2D eigenvalue weighted by atomic mass is 19.2. The van der Waals surface area contributed by atoms with Gasteiger partial charge in [-0.1, -0.05) is 5.16 Å². The fourth-order valence-electron chi connectivity index (χ4n) is 2.52. The Bertz CT molecular complexity index is 719. The lowest BCUT2D eigenvalue weighted by Crippen LogP contribution is -2.38. The van der Waals surface area contributed by atoms with Crippen molar-refractivity contribution in [1.82, 2.24) is 15.8 Å². The summed E-state index contributed by atoms with van der Waals surface area (Å²) in [6, 6.07) is 0.0686. The average Bonchev–Trinajstić information content (AvgIpc) is 2.83. The molecule has 0 spiro atoms. The van der Waals surface area contributed by atoms with E-state index >= 15 is 0 Å². The van der Waals surface area contributed by atoms with Crippen molar-refractivity contribution in [2.45, 2.75) is 39.8 Å². The lowest BCUT2D eigenvalue weighted by Gasteiger charge is -2.18. The summed E-state index contributed by atoms with van der Waals surface area (Å²) in [6.45, 7) is 6.78. The molecule has 0 fully saturated rings. The van der Waals surface area contributed by atoms with Crippen molar-refractivity contribution < 1.29 is 22.5 Å². The fourth-order valence-corrected chi connectivity index (χ4v) is 2.52. The lowest BCUT2D eigenvalue weighted by molar-refractivity contribution is 0.234. The molecule has 24 heavy (non-hydrogen) atoms. The SMILES string of the molecule is Cc1noc(C)c1[C@@H](C)NC(=O)N[C@@H](C)c1cc(F)c(F)c(F)c1. The minimum Gasteiger partial charge on any atom is -0.361 e. The first kappa shape index (κ1) is 17.8. The Morgan fingerprint density at radius 1 is 1.08 bits per heavy atom. The summed E-state index contributed by atoms with van der Waals surface area (Å²) in [4.78, 5) is 12.1. The van der Waals surface area contributed by atoms with E-state index in [0.29, 0.717) is 11.5 Å². The molecule has 0 unspecified atom stereocenters. The quantitative estimate of drug-likeness (QED) is 0.831. The summed E-state index contributed by atoms with van der Waals surface area (Å²) in [5, 5.41) is 9.05. The highest BCUT2D eigenvalue weighted by Gasteiger charge is 2.20. The van der Waals surface area contributed by atoms with E-state index < -0.39 is 29.5 Å². The zero-order valence-electron chi connectivity index (χ0n) is 13.7. The first-order chi connectivity index (χ1) is 11.2. The van der Waals surface area contributed by atoms with Gasteiger partial charge in [-0.15, -0.1) is 0 Å². The van der Waals surface area contributed by atoms with Gasteiger partial charge in [-0.3, -0.25) is 0 Å².